The topological polar surface area (TPSA) is 78.9 Å². The van der Waals surface area contributed by atoms with Crippen molar-refractivity contribution < 1.29 is 28.6 Å². The Morgan fingerprint density at radius 2 is 0.650 bits per heavy atom. The first-order valence-corrected chi connectivity index (χ1v) is 24.9. The van der Waals surface area contributed by atoms with Gasteiger partial charge in [0.05, 0.1) is 0 Å². The lowest BCUT2D eigenvalue weighted by Crippen LogP contribution is -2.30. The van der Waals surface area contributed by atoms with Crippen LogP contribution in [-0.2, 0) is 28.6 Å². The van der Waals surface area contributed by atoms with Gasteiger partial charge in [0.25, 0.3) is 0 Å². The van der Waals surface area contributed by atoms with E-state index >= 15 is 0 Å². The molecule has 0 aliphatic rings. The first-order chi connectivity index (χ1) is 29.5. The van der Waals surface area contributed by atoms with Crippen LogP contribution in [-0.4, -0.2) is 37.2 Å². The molecule has 1 atom stereocenters. The smallest absolute Gasteiger partial charge is 0.306 e. The molecule has 0 fully saturated rings. The zero-order chi connectivity index (χ0) is 43.7. The number of hydrogen-bond acceptors (Lipinski definition) is 6. The van der Waals surface area contributed by atoms with Crippen LogP contribution >= 0.6 is 0 Å². The highest BCUT2D eigenvalue weighted by molar-refractivity contribution is 5.71. The number of unbranched alkanes of at least 4 members (excludes halogenated alkanes) is 21. The molecular formula is C54H92O6. The summed E-state index contributed by atoms with van der Waals surface area (Å²) < 4.78 is 16.7. The van der Waals surface area contributed by atoms with E-state index in [0.29, 0.717) is 12.8 Å². The van der Waals surface area contributed by atoms with Crippen molar-refractivity contribution >= 4 is 17.9 Å². The standard InChI is InChI=1S/C54H92O6/c1-4-7-10-13-16-19-22-25-26-27-30-32-35-38-41-44-47-53(56)59-50-51(60-54(57)48-45-42-39-36-33-29-24-21-18-15-12-9-6-3)49-58-52(55)46-43-40-37-34-31-28-23-20-17-14-11-8-5-2/h9,12,18-23,26-27,29,33,51H,4-8,10-11,13-17,24-25,28,30-32,34-50H2,1-3H3/b12-9-,21-18-,22-19-,23-20-,27-26-,33-29-. The van der Waals surface area contributed by atoms with Crippen molar-refractivity contribution in [3.8, 4) is 0 Å². The molecule has 0 radical (unpaired) electrons. The third-order valence-corrected chi connectivity index (χ3v) is 10.4. The summed E-state index contributed by atoms with van der Waals surface area (Å²) in [7, 11) is 0. The van der Waals surface area contributed by atoms with Crippen molar-refractivity contribution in [1.82, 2.24) is 0 Å². The van der Waals surface area contributed by atoms with Crippen LogP contribution in [0.2, 0.25) is 0 Å². The van der Waals surface area contributed by atoms with E-state index in [1.54, 1.807) is 0 Å². The molecule has 60 heavy (non-hydrogen) atoms. The van der Waals surface area contributed by atoms with E-state index < -0.39 is 6.10 Å². The van der Waals surface area contributed by atoms with Gasteiger partial charge in [0.15, 0.2) is 6.10 Å². The summed E-state index contributed by atoms with van der Waals surface area (Å²) in [6.45, 7) is 6.44. The average molecular weight is 837 g/mol. The third-order valence-electron chi connectivity index (χ3n) is 10.4. The maximum atomic E-state index is 12.7. The van der Waals surface area contributed by atoms with Gasteiger partial charge < -0.3 is 14.2 Å². The summed E-state index contributed by atoms with van der Waals surface area (Å²) >= 11 is 0. The number of allylic oxidation sites excluding steroid dienone is 12. The molecule has 0 N–H and O–H groups in total. The molecular weight excluding hydrogens is 745 g/mol. The minimum atomic E-state index is -0.798. The summed E-state index contributed by atoms with van der Waals surface area (Å²) in [4.78, 5) is 37.9. The number of esters is 3. The molecule has 0 rings (SSSR count). The van der Waals surface area contributed by atoms with Crippen LogP contribution in [0.4, 0.5) is 0 Å². The fourth-order valence-corrected chi connectivity index (χ4v) is 6.66. The Labute approximate surface area is 370 Å². The molecule has 0 heterocycles. The molecule has 0 aromatic heterocycles. The summed E-state index contributed by atoms with van der Waals surface area (Å²) in [5.74, 6) is -0.950. The van der Waals surface area contributed by atoms with Crippen LogP contribution in [0.25, 0.3) is 0 Å². The Morgan fingerprint density at radius 3 is 1.05 bits per heavy atom. The van der Waals surface area contributed by atoms with Crippen LogP contribution < -0.4 is 0 Å². The van der Waals surface area contributed by atoms with E-state index in [-0.39, 0.29) is 37.5 Å². The average Bonchev–Trinajstić information content (AvgIpc) is 3.24. The van der Waals surface area contributed by atoms with Crippen LogP contribution in [0, 0.1) is 0 Å². The molecule has 0 bridgehead atoms. The zero-order valence-electron chi connectivity index (χ0n) is 39.2. The molecule has 6 nitrogen and oxygen atoms in total. The Bertz CT molecular complexity index is 1140. The second kappa shape index (κ2) is 48.5. The second-order valence-corrected chi connectivity index (χ2v) is 16.3. The number of carbonyl (C=O) groups is 3. The zero-order valence-corrected chi connectivity index (χ0v) is 39.2. The third kappa shape index (κ3) is 45.9. The molecule has 0 aromatic rings. The van der Waals surface area contributed by atoms with Crippen LogP contribution in [0.1, 0.15) is 233 Å². The number of hydrogen-bond donors (Lipinski definition) is 0. The molecule has 0 aromatic carbocycles. The van der Waals surface area contributed by atoms with Crippen LogP contribution in [0.3, 0.4) is 0 Å². The first-order valence-electron chi connectivity index (χ1n) is 24.9. The van der Waals surface area contributed by atoms with Gasteiger partial charge in [-0.25, -0.2) is 0 Å². The van der Waals surface area contributed by atoms with Gasteiger partial charge in [0, 0.05) is 19.3 Å². The second-order valence-electron chi connectivity index (χ2n) is 16.3. The molecule has 0 aliphatic carbocycles. The van der Waals surface area contributed by atoms with Crippen molar-refractivity contribution in [2.75, 3.05) is 13.2 Å². The monoisotopic (exact) mass is 837 g/mol. The van der Waals surface area contributed by atoms with Gasteiger partial charge in [-0.15, -0.1) is 0 Å². The normalized spacial score (nSPS) is 12.7. The predicted octanol–water partition coefficient (Wildman–Crippen LogP) is 16.3. The highest BCUT2D eigenvalue weighted by Crippen LogP contribution is 2.13. The van der Waals surface area contributed by atoms with E-state index in [1.165, 1.54) is 77.0 Å². The van der Waals surface area contributed by atoms with Crippen molar-refractivity contribution in [3.05, 3.63) is 72.9 Å². The summed E-state index contributed by atoms with van der Waals surface area (Å²) in [5.41, 5.74) is 0. The minimum Gasteiger partial charge on any atom is -0.462 e. The Balaban J connectivity index is 4.45. The van der Waals surface area contributed by atoms with E-state index in [1.807, 2.05) is 0 Å². The summed E-state index contributed by atoms with van der Waals surface area (Å²) in [5, 5.41) is 0. The Hall–Kier alpha value is -3.15. The lowest BCUT2D eigenvalue weighted by atomic mass is 10.1. The molecule has 0 aliphatic heterocycles. The molecule has 0 saturated carbocycles. The Kier molecular flexibility index (Phi) is 46.0. The van der Waals surface area contributed by atoms with Crippen LogP contribution in [0.15, 0.2) is 72.9 Å². The Morgan fingerprint density at radius 1 is 0.350 bits per heavy atom. The van der Waals surface area contributed by atoms with Crippen molar-refractivity contribution in [3.63, 3.8) is 0 Å². The van der Waals surface area contributed by atoms with Gasteiger partial charge in [-0.2, -0.15) is 0 Å². The summed E-state index contributed by atoms with van der Waals surface area (Å²) in [6, 6.07) is 0. The fraction of sp³-hybridized carbons (Fsp3) is 0.722. The lowest BCUT2D eigenvalue weighted by Gasteiger charge is -2.18. The van der Waals surface area contributed by atoms with Gasteiger partial charge in [-0.05, 0) is 109 Å². The van der Waals surface area contributed by atoms with Crippen molar-refractivity contribution in [2.45, 2.75) is 239 Å². The van der Waals surface area contributed by atoms with Gasteiger partial charge in [0.1, 0.15) is 13.2 Å². The first kappa shape index (κ1) is 56.9. The number of carbonyl (C=O) groups excluding carboxylic acids is 3. The van der Waals surface area contributed by atoms with E-state index in [9.17, 15) is 14.4 Å². The van der Waals surface area contributed by atoms with Crippen molar-refractivity contribution in [2.24, 2.45) is 0 Å². The molecule has 0 amide bonds. The molecule has 0 spiro atoms. The summed E-state index contributed by atoms with van der Waals surface area (Å²) in [6.07, 6.45) is 60.2. The largest absolute Gasteiger partial charge is 0.462 e. The van der Waals surface area contributed by atoms with Gasteiger partial charge in [0.2, 0.25) is 0 Å². The quantitative estimate of drug-likeness (QED) is 0.0263. The maximum Gasteiger partial charge on any atom is 0.306 e. The highest BCUT2D eigenvalue weighted by Gasteiger charge is 2.19. The van der Waals surface area contributed by atoms with E-state index in [2.05, 4.69) is 93.7 Å². The SMILES string of the molecule is CC/C=C\C/C=C\C/C=C\CCCCCC(=O)OC(COC(=O)CCCCCCC/C=C\C/C=C\CCCCCC)COC(=O)CCCCCCC/C=C\CCCCCC. The van der Waals surface area contributed by atoms with Gasteiger partial charge >= 0.3 is 17.9 Å². The van der Waals surface area contributed by atoms with Gasteiger partial charge in [-0.1, -0.05) is 177 Å². The fourth-order valence-electron chi connectivity index (χ4n) is 6.66. The van der Waals surface area contributed by atoms with Gasteiger partial charge in [-0.3, -0.25) is 14.4 Å². The lowest BCUT2D eigenvalue weighted by molar-refractivity contribution is -0.167. The van der Waals surface area contributed by atoms with E-state index in [4.69, 9.17) is 14.2 Å². The highest BCUT2D eigenvalue weighted by atomic mass is 16.6. The minimum absolute atomic E-state index is 0.0967. The van der Waals surface area contributed by atoms with Crippen LogP contribution in [0.5, 0.6) is 0 Å². The predicted molar refractivity (Wildman–Crippen MR) is 256 cm³/mol. The molecule has 0 saturated heterocycles. The number of rotatable bonds is 44. The van der Waals surface area contributed by atoms with E-state index in [0.717, 1.165) is 116 Å². The molecule has 6 heteroatoms. The molecule has 1 unspecified atom stereocenters. The van der Waals surface area contributed by atoms with Crippen molar-refractivity contribution in [1.29, 1.82) is 0 Å². The maximum absolute atomic E-state index is 12.7. The number of ether oxygens (including phenoxy) is 3. The molecule has 344 valence electrons.